The molecule has 1 N–H and O–H groups in total. The number of H-pyrrole nitrogens is 1. The van der Waals surface area contributed by atoms with E-state index >= 15 is 0 Å². The first kappa shape index (κ1) is 19.7. The molecule has 2 heterocycles. The number of imidazole rings is 1. The Labute approximate surface area is 182 Å². The van der Waals surface area contributed by atoms with E-state index in [1.807, 2.05) is 62.4 Å². The van der Waals surface area contributed by atoms with E-state index in [9.17, 15) is 5.26 Å². The number of halogens is 2. The highest BCUT2D eigenvalue weighted by atomic mass is 35.5. The largest absolute Gasteiger partial charge is 0.333 e. The molecule has 0 spiro atoms. The van der Waals surface area contributed by atoms with E-state index < -0.39 is 0 Å². The predicted molar refractivity (Wildman–Crippen MR) is 121 cm³/mol. The van der Waals surface area contributed by atoms with Gasteiger partial charge in [-0.3, -0.25) is 0 Å². The second kappa shape index (κ2) is 8.00. The number of nitrogens with one attached hydrogen (secondary N) is 1. The van der Waals surface area contributed by atoms with Crippen LogP contribution in [0.25, 0.3) is 22.8 Å². The number of allylic oxidation sites excluding steroid dienone is 1. The third-order valence-corrected chi connectivity index (χ3v) is 5.95. The predicted octanol–water partition coefficient (Wildman–Crippen LogP) is 6.93. The molecule has 0 radical (unpaired) electrons. The van der Waals surface area contributed by atoms with Gasteiger partial charge in [0.1, 0.15) is 6.07 Å². The zero-order valence-electron chi connectivity index (χ0n) is 15.7. The number of fused-ring (bicyclic) bond motifs is 1. The number of aromatic nitrogens is 3. The molecule has 0 aliphatic rings. The van der Waals surface area contributed by atoms with Crippen LogP contribution in [0.4, 0.5) is 0 Å². The molecule has 29 heavy (non-hydrogen) atoms. The second-order valence-corrected chi connectivity index (χ2v) is 8.41. The quantitative estimate of drug-likeness (QED) is 0.277. The van der Waals surface area contributed by atoms with E-state index in [2.05, 4.69) is 20.6 Å². The van der Waals surface area contributed by atoms with Crippen molar-refractivity contribution in [2.45, 2.75) is 19.0 Å². The Balaban J connectivity index is 1.70. The standard InChI is InChI=1S/C22H16Cl2N4S/c1-13-9-15(14(2)28(13)21-8-7-16(23)11-18(21)24)10-17(12-25)29-22-26-19-5-3-4-6-20(19)27-22/h3-11H,1-2H3,(H,26,27)/b17-10+. The summed E-state index contributed by atoms with van der Waals surface area (Å²) in [6, 6.07) is 17.5. The minimum Gasteiger partial charge on any atom is -0.333 e. The lowest BCUT2D eigenvalue weighted by molar-refractivity contribution is 0.965. The Morgan fingerprint density at radius 2 is 1.97 bits per heavy atom. The summed E-state index contributed by atoms with van der Waals surface area (Å²) in [7, 11) is 0. The van der Waals surface area contributed by atoms with E-state index in [4.69, 9.17) is 23.2 Å². The number of rotatable bonds is 4. The zero-order valence-corrected chi connectivity index (χ0v) is 18.0. The van der Waals surface area contributed by atoms with Crippen LogP contribution < -0.4 is 0 Å². The fourth-order valence-electron chi connectivity index (χ4n) is 3.27. The summed E-state index contributed by atoms with van der Waals surface area (Å²) >= 11 is 13.8. The van der Waals surface area contributed by atoms with E-state index in [0.717, 1.165) is 33.7 Å². The number of para-hydroxylation sites is 2. The lowest BCUT2D eigenvalue weighted by Gasteiger charge is -2.12. The molecular formula is C22H16Cl2N4S. The van der Waals surface area contributed by atoms with Gasteiger partial charge in [-0.1, -0.05) is 35.3 Å². The van der Waals surface area contributed by atoms with E-state index in [0.29, 0.717) is 20.1 Å². The van der Waals surface area contributed by atoms with Crippen LogP contribution in [0, 0.1) is 25.2 Å². The van der Waals surface area contributed by atoms with Crippen LogP contribution in [0.3, 0.4) is 0 Å². The maximum Gasteiger partial charge on any atom is 0.171 e. The number of hydrogen-bond donors (Lipinski definition) is 1. The normalized spacial score (nSPS) is 11.8. The van der Waals surface area contributed by atoms with Gasteiger partial charge in [-0.25, -0.2) is 4.98 Å². The Hall–Kier alpha value is -2.65. The van der Waals surface area contributed by atoms with Gasteiger partial charge in [-0.15, -0.1) is 0 Å². The van der Waals surface area contributed by atoms with Gasteiger partial charge >= 0.3 is 0 Å². The maximum absolute atomic E-state index is 9.66. The highest BCUT2D eigenvalue weighted by molar-refractivity contribution is 8.03. The van der Waals surface area contributed by atoms with Gasteiger partial charge in [0.15, 0.2) is 5.16 Å². The summed E-state index contributed by atoms with van der Waals surface area (Å²) in [4.78, 5) is 8.32. The molecule has 4 aromatic rings. The minimum absolute atomic E-state index is 0.548. The average Bonchev–Trinajstić information content (AvgIpc) is 3.22. The molecule has 2 aromatic carbocycles. The number of nitriles is 1. The Morgan fingerprint density at radius 1 is 1.17 bits per heavy atom. The molecule has 2 aromatic heterocycles. The second-order valence-electron chi connectivity index (χ2n) is 6.54. The van der Waals surface area contributed by atoms with Crippen LogP contribution in [-0.4, -0.2) is 14.5 Å². The smallest absolute Gasteiger partial charge is 0.171 e. The Morgan fingerprint density at radius 3 is 2.69 bits per heavy atom. The number of hydrogen-bond acceptors (Lipinski definition) is 3. The van der Waals surface area contributed by atoms with Crippen molar-refractivity contribution in [3.8, 4) is 11.8 Å². The summed E-state index contributed by atoms with van der Waals surface area (Å²) in [6.45, 7) is 4.01. The molecule has 0 saturated carbocycles. The highest BCUT2D eigenvalue weighted by Gasteiger charge is 2.14. The van der Waals surface area contributed by atoms with Gasteiger partial charge in [-0.2, -0.15) is 5.26 Å². The molecular weight excluding hydrogens is 423 g/mol. The van der Waals surface area contributed by atoms with Crippen molar-refractivity contribution in [2.75, 3.05) is 0 Å². The van der Waals surface area contributed by atoms with Crippen molar-refractivity contribution < 1.29 is 0 Å². The zero-order chi connectivity index (χ0) is 20.5. The summed E-state index contributed by atoms with van der Waals surface area (Å²) in [5.41, 5.74) is 5.64. The Kier molecular flexibility index (Phi) is 5.42. The lowest BCUT2D eigenvalue weighted by atomic mass is 10.2. The van der Waals surface area contributed by atoms with Crippen LogP contribution in [-0.2, 0) is 0 Å². The van der Waals surface area contributed by atoms with Gasteiger partial charge in [-0.05, 0) is 73.6 Å². The van der Waals surface area contributed by atoms with Gasteiger partial charge in [0.05, 0.1) is 26.6 Å². The fourth-order valence-corrected chi connectivity index (χ4v) is 4.51. The fraction of sp³-hybridized carbons (Fsp3) is 0.0909. The summed E-state index contributed by atoms with van der Waals surface area (Å²) in [6.07, 6.45) is 1.88. The molecule has 0 atom stereocenters. The molecule has 0 aliphatic heterocycles. The van der Waals surface area contributed by atoms with Crippen molar-refractivity contribution in [1.29, 1.82) is 5.26 Å². The molecule has 144 valence electrons. The molecule has 0 amide bonds. The van der Waals surface area contributed by atoms with Crippen molar-refractivity contribution >= 4 is 52.1 Å². The molecule has 0 fully saturated rings. The van der Waals surface area contributed by atoms with E-state index in [1.165, 1.54) is 11.8 Å². The van der Waals surface area contributed by atoms with Crippen LogP contribution in [0.2, 0.25) is 10.0 Å². The maximum atomic E-state index is 9.66. The highest BCUT2D eigenvalue weighted by Crippen LogP contribution is 2.32. The lowest BCUT2D eigenvalue weighted by Crippen LogP contribution is -2.00. The first-order chi connectivity index (χ1) is 14.0. The van der Waals surface area contributed by atoms with Gasteiger partial charge < -0.3 is 9.55 Å². The number of aryl methyl sites for hydroxylation is 1. The van der Waals surface area contributed by atoms with E-state index in [1.54, 1.807) is 6.07 Å². The molecule has 0 unspecified atom stereocenters. The number of benzene rings is 2. The van der Waals surface area contributed by atoms with Crippen molar-refractivity contribution in [2.24, 2.45) is 0 Å². The third kappa shape index (κ3) is 3.92. The number of nitrogens with zero attached hydrogens (tertiary/aromatic N) is 3. The van der Waals surface area contributed by atoms with Crippen LogP contribution in [0.1, 0.15) is 17.0 Å². The monoisotopic (exact) mass is 438 g/mol. The molecule has 7 heteroatoms. The van der Waals surface area contributed by atoms with Crippen molar-refractivity contribution in [3.05, 3.63) is 80.4 Å². The molecule has 0 aliphatic carbocycles. The van der Waals surface area contributed by atoms with Crippen molar-refractivity contribution in [3.63, 3.8) is 0 Å². The third-order valence-electron chi connectivity index (χ3n) is 4.59. The van der Waals surface area contributed by atoms with Crippen LogP contribution >= 0.6 is 35.0 Å². The SMILES string of the molecule is Cc1cc(/C=C(\C#N)Sc2nc3ccccc3[nH]2)c(C)n1-c1ccc(Cl)cc1Cl. The summed E-state index contributed by atoms with van der Waals surface area (Å²) < 4.78 is 2.06. The van der Waals surface area contributed by atoms with E-state index in [-0.39, 0.29) is 0 Å². The van der Waals surface area contributed by atoms with Gasteiger partial charge in [0, 0.05) is 16.4 Å². The minimum atomic E-state index is 0.548. The molecule has 4 rings (SSSR count). The molecule has 4 nitrogen and oxygen atoms in total. The van der Waals surface area contributed by atoms with Crippen LogP contribution in [0.15, 0.2) is 58.6 Å². The average molecular weight is 439 g/mol. The van der Waals surface area contributed by atoms with Crippen molar-refractivity contribution in [1.82, 2.24) is 14.5 Å². The summed E-state index contributed by atoms with van der Waals surface area (Å²) in [5, 5.41) is 11.5. The number of thioether (sulfide) groups is 1. The topological polar surface area (TPSA) is 57.4 Å². The Bertz CT molecular complexity index is 1260. The van der Waals surface area contributed by atoms with Gasteiger partial charge in [0.25, 0.3) is 0 Å². The first-order valence-electron chi connectivity index (χ1n) is 8.85. The molecule has 0 saturated heterocycles. The van der Waals surface area contributed by atoms with Crippen LogP contribution in [0.5, 0.6) is 0 Å². The first-order valence-corrected chi connectivity index (χ1v) is 10.4. The van der Waals surface area contributed by atoms with Gasteiger partial charge in [0.2, 0.25) is 0 Å². The number of aromatic amines is 1. The molecule has 0 bridgehead atoms. The summed E-state index contributed by atoms with van der Waals surface area (Å²) in [5.74, 6) is 0.